The van der Waals surface area contributed by atoms with E-state index in [9.17, 15) is 13.6 Å². The van der Waals surface area contributed by atoms with Gasteiger partial charge in [0.2, 0.25) is 0 Å². The van der Waals surface area contributed by atoms with E-state index >= 15 is 0 Å². The molecular formula is C22H16F2N2O3S. The summed E-state index contributed by atoms with van der Waals surface area (Å²) >= 11 is 1.38. The lowest BCUT2D eigenvalue weighted by Crippen LogP contribution is -2.09. The van der Waals surface area contributed by atoms with Crippen LogP contribution >= 0.6 is 11.3 Å². The Balaban J connectivity index is 1.37. The van der Waals surface area contributed by atoms with Crippen LogP contribution in [0, 0.1) is 18.6 Å². The number of pyridine rings is 1. The first-order chi connectivity index (χ1) is 14.5. The Kier molecular flexibility index (Phi) is 5.67. The van der Waals surface area contributed by atoms with Crippen LogP contribution < -0.4 is 4.74 Å². The maximum Gasteiger partial charge on any atom is 0.340 e. The fourth-order valence-electron chi connectivity index (χ4n) is 2.82. The van der Waals surface area contributed by atoms with Crippen molar-refractivity contribution in [2.75, 3.05) is 0 Å². The van der Waals surface area contributed by atoms with Crippen LogP contribution in [0.3, 0.4) is 0 Å². The highest BCUT2D eigenvalue weighted by molar-refractivity contribution is 7.09. The zero-order valence-electron chi connectivity index (χ0n) is 15.9. The monoisotopic (exact) mass is 426 g/mol. The zero-order valence-corrected chi connectivity index (χ0v) is 16.7. The van der Waals surface area contributed by atoms with Gasteiger partial charge in [0.25, 0.3) is 0 Å². The molecule has 0 fully saturated rings. The molecule has 0 amide bonds. The van der Waals surface area contributed by atoms with Crippen LogP contribution in [0.2, 0.25) is 0 Å². The first-order valence-corrected chi connectivity index (χ1v) is 9.91. The summed E-state index contributed by atoms with van der Waals surface area (Å²) in [5.41, 5.74) is 1.86. The summed E-state index contributed by atoms with van der Waals surface area (Å²) in [7, 11) is 0. The molecule has 0 aliphatic carbocycles. The third kappa shape index (κ3) is 4.60. The topological polar surface area (TPSA) is 61.3 Å². The van der Waals surface area contributed by atoms with Gasteiger partial charge in [0, 0.05) is 16.8 Å². The Bertz CT molecular complexity index is 1210. The fraction of sp³-hybridized carbons (Fsp3) is 0.136. The number of esters is 1. The average molecular weight is 426 g/mol. The SMILES string of the molecule is Cc1nc2cc(F)ccc2cc1C(=O)OCc1csc(COc2ccc(F)cc2)n1. The van der Waals surface area contributed by atoms with Crippen LogP contribution in [0.15, 0.2) is 53.9 Å². The molecule has 2 aromatic heterocycles. The highest BCUT2D eigenvalue weighted by Crippen LogP contribution is 2.20. The lowest BCUT2D eigenvalue weighted by molar-refractivity contribution is 0.0467. The molecule has 0 spiro atoms. The average Bonchev–Trinajstić information content (AvgIpc) is 3.19. The normalized spacial score (nSPS) is 10.9. The highest BCUT2D eigenvalue weighted by atomic mass is 32.1. The van der Waals surface area contributed by atoms with Crippen LogP contribution in [0.4, 0.5) is 8.78 Å². The van der Waals surface area contributed by atoms with Crippen molar-refractivity contribution < 1.29 is 23.0 Å². The van der Waals surface area contributed by atoms with Crippen LogP contribution in [-0.2, 0) is 18.0 Å². The number of rotatable bonds is 6. The minimum absolute atomic E-state index is 0.00672. The van der Waals surface area contributed by atoms with E-state index in [0.29, 0.717) is 38.6 Å². The third-order valence-corrected chi connectivity index (χ3v) is 5.19. The second kappa shape index (κ2) is 8.54. The van der Waals surface area contributed by atoms with Gasteiger partial charge >= 0.3 is 5.97 Å². The van der Waals surface area contributed by atoms with E-state index in [2.05, 4.69) is 9.97 Å². The number of hydrogen-bond donors (Lipinski definition) is 0. The van der Waals surface area contributed by atoms with Crippen LogP contribution in [0.25, 0.3) is 10.9 Å². The van der Waals surface area contributed by atoms with Crippen molar-refractivity contribution in [1.29, 1.82) is 0 Å². The van der Waals surface area contributed by atoms with Gasteiger partial charge in [-0.05, 0) is 49.4 Å². The van der Waals surface area contributed by atoms with Crippen molar-refractivity contribution in [1.82, 2.24) is 9.97 Å². The van der Waals surface area contributed by atoms with Crippen molar-refractivity contribution in [3.8, 4) is 5.75 Å². The van der Waals surface area contributed by atoms with Gasteiger partial charge in [-0.2, -0.15) is 0 Å². The molecule has 2 heterocycles. The molecule has 0 bridgehead atoms. The summed E-state index contributed by atoms with van der Waals surface area (Å²) < 4.78 is 37.2. The molecule has 2 aromatic carbocycles. The minimum Gasteiger partial charge on any atom is -0.486 e. The van der Waals surface area contributed by atoms with E-state index in [1.54, 1.807) is 36.6 Å². The maximum absolute atomic E-state index is 13.3. The standard InChI is InChI=1S/C22H16F2N2O3S/c1-13-19(8-14-2-3-16(24)9-20(14)25-13)22(27)29-10-17-12-30-21(26-17)11-28-18-6-4-15(23)5-7-18/h2-9,12H,10-11H2,1H3. The maximum atomic E-state index is 13.3. The van der Waals surface area contributed by atoms with Gasteiger partial charge in [-0.15, -0.1) is 11.3 Å². The van der Waals surface area contributed by atoms with Gasteiger partial charge in [-0.3, -0.25) is 4.98 Å². The number of fused-ring (bicyclic) bond motifs is 1. The number of carbonyl (C=O) groups excluding carboxylic acids is 1. The number of benzene rings is 2. The molecule has 5 nitrogen and oxygen atoms in total. The van der Waals surface area contributed by atoms with E-state index in [1.165, 1.54) is 35.6 Å². The molecule has 0 atom stereocenters. The largest absolute Gasteiger partial charge is 0.486 e. The number of hydrogen-bond acceptors (Lipinski definition) is 6. The Hall–Kier alpha value is -3.39. The molecule has 152 valence electrons. The molecule has 0 N–H and O–H groups in total. The molecule has 0 saturated carbocycles. The Morgan fingerprint density at radius 1 is 1.00 bits per heavy atom. The van der Waals surface area contributed by atoms with Gasteiger partial charge in [0.05, 0.1) is 22.5 Å². The first-order valence-electron chi connectivity index (χ1n) is 9.03. The summed E-state index contributed by atoms with van der Waals surface area (Å²) in [4.78, 5) is 21.1. The van der Waals surface area contributed by atoms with Crippen LogP contribution in [-0.4, -0.2) is 15.9 Å². The predicted octanol–water partition coefficient (Wildman–Crippen LogP) is 5.21. The lowest BCUT2D eigenvalue weighted by atomic mass is 10.1. The Labute approximate surface area is 174 Å². The predicted molar refractivity (Wildman–Crippen MR) is 108 cm³/mol. The summed E-state index contributed by atoms with van der Waals surface area (Å²) in [5, 5.41) is 3.14. The fourth-order valence-corrected chi connectivity index (χ4v) is 3.51. The number of nitrogens with zero attached hydrogens (tertiary/aromatic N) is 2. The van der Waals surface area contributed by atoms with Gasteiger partial charge in [0.1, 0.15) is 35.6 Å². The van der Waals surface area contributed by atoms with E-state index in [-0.39, 0.29) is 24.8 Å². The quantitative estimate of drug-likeness (QED) is 0.396. The van der Waals surface area contributed by atoms with Gasteiger partial charge in [0.15, 0.2) is 0 Å². The second-order valence-corrected chi connectivity index (χ2v) is 7.45. The summed E-state index contributed by atoms with van der Waals surface area (Å²) in [6.07, 6.45) is 0. The molecule has 0 radical (unpaired) electrons. The number of thiazole rings is 1. The highest BCUT2D eigenvalue weighted by Gasteiger charge is 2.15. The van der Waals surface area contributed by atoms with Crippen molar-refractivity contribution in [2.24, 2.45) is 0 Å². The number of carbonyl (C=O) groups is 1. The van der Waals surface area contributed by atoms with Gasteiger partial charge in [-0.25, -0.2) is 18.6 Å². The summed E-state index contributed by atoms with van der Waals surface area (Å²) in [6, 6.07) is 11.6. The van der Waals surface area contributed by atoms with E-state index in [1.807, 2.05) is 0 Å². The van der Waals surface area contributed by atoms with Gasteiger partial charge in [-0.1, -0.05) is 0 Å². The van der Waals surface area contributed by atoms with Crippen molar-refractivity contribution in [3.63, 3.8) is 0 Å². The Morgan fingerprint density at radius 3 is 2.57 bits per heavy atom. The number of aryl methyl sites for hydroxylation is 1. The second-order valence-electron chi connectivity index (χ2n) is 6.51. The zero-order chi connectivity index (χ0) is 21.1. The van der Waals surface area contributed by atoms with Gasteiger partial charge < -0.3 is 9.47 Å². The number of aromatic nitrogens is 2. The first kappa shape index (κ1) is 19.9. The van der Waals surface area contributed by atoms with E-state index in [0.717, 1.165) is 0 Å². The molecule has 0 aliphatic rings. The van der Waals surface area contributed by atoms with E-state index in [4.69, 9.17) is 9.47 Å². The molecule has 8 heteroatoms. The summed E-state index contributed by atoms with van der Waals surface area (Å²) in [6.45, 7) is 1.91. The number of ether oxygens (including phenoxy) is 2. The van der Waals surface area contributed by atoms with E-state index < -0.39 is 5.97 Å². The molecule has 0 aliphatic heterocycles. The molecule has 30 heavy (non-hydrogen) atoms. The Morgan fingerprint density at radius 2 is 1.77 bits per heavy atom. The van der Waals surface area contributed by atoms with Crippen molar-refractivity contribution >= 4 is 28.2 Å². The smallest absolute Gasteiger partial charge is 0.340 e. The molecule has 0 unspecified atom stereocenters. The third-order valence-electron chi connectivity index (χ3n) is 4.32. The van der Waals surface area contributed by atoms with Crippen LogP contribution in [0.5, 0.6) is 5.75 Å². The minimum atomic E-state index is -0.525. The van der Waals surface area contributed by atoms with Crippen molar-refractivity contribution in [3.05, 3.63) is 87.5 Å². The molecule has 0 saturated heterocycles. The van der Waals surface area contributed by atoms with Crippen LogP contribution in [0.1, 0.15) is 26.8 Å². The lowest BCUT2D eigenvalue weighted by Gasteiger charge is -2.07. The molecule has 4 rings (SSSR count). The van der Waals surface area contributed by atoms with Crippen molar-refractivity contribution in [2.45, 2.75) is 20.1 Å². The molecule has 4 aromatic rings. The number of halogens is 2. The molecular weight excluding hydrogens is 410 g/mol. The summed E-state index contributed by atoms with van der Waals surface area (Å²) in [5.74, 6) is -0.695.